The molecule has 2 bridgehead atoms. The van der Waals surface area contributed by atoms with Gasteiger partial charge in [-0.3, -0.25) is 0 Å². The van der Waals surface area contributed by atoms with Crippen molar-refractivity contribution >= 4 is 8.07 Å². The Bertz CT molecular complexity index is 217. The van der Waals surface area contributed by atoms with E-state index in [9.17, 15) is 0 Å². The van der Waals surface area contributed by atoms with Gasteiger partial charge in [0.05, 0.1) is 8.07 Å². The van der Waals surface area contributed by atoms with Crippen LogP contribution >= 0.6 is 0 Å². The summed E-state index contributed by atoms with van der Waals surface area (Å²) >= 11 is 0. The number of hydrogen-bond acceptors (Lipinski definition) is 0. The predicted molar refractivity (Wildman–Crippen MR) is 61.7 cm³/mol. The molecule has 2 rings (SSSR count). The maximum Gasteiger partial charge on any atom is 0.0510 e. The molecule has 74 valence electrons. The van der Waals surface area contributed by atoms with Crippen molar-refractivity contribution in [1.29, 1.82) is 0 Å². The molecular formula is C12H22Si. The summed E-state index contributed by atoms with van der Waals surface area (Å²) in [5.74, 6) is 1.96. The third-order valence-electron chi connectivity index (χ3n) is 4.18. The van der Waals surface area contributed by atoms with Gasteiger partial charge in [0.2, 0.25) is 0 Å². The second kappa shape index (κ2) is 3.27. The van der Waals surface area contributed by atoms with Gasteiger partial charge < -0.3 is 0 Å². The van der Waals surface area contributed by atoms with Crippen molar-refractivity contribution in [3.05, 3.63) is 12.2 Å². The van der Waals surface area contributed by atoms with E-state index < -0.39 is 8.07 Å². The summed E-state index contributed by atoms with van der Waals surface area (Å²) in [5, 5.41) is 0. The molecule has 0 aromatic carbocycles. The summed E-state index contributed by atoms with van der Waals surface area (Å²) < 4.78 is 0. The zero-order valence-corrected chi connectivity index (χ0v) is 10.2. The Balaban J connectivity index is 2.05. The molecule has 0 aromatic rings. The van der Waals surface area contributed by atoms with Gasteiger partial charge in [-0.1, -0.05) is 44.6 Å². The van der Waals surface area contributed by atoms with Crippen molar-refractivity contribution in [2.75, 3.05) is 0 Å². The molecule has 0 heterocycles. The van der Waals surface area contributed by atoms with Crippen LogP contribution in [0.25, 0.3) is 0 Å². The summed E-state index contributed by atoms with van der Waals surface area (Å²) in [4.78, 5) is 0. The molecule has 1 saturated carbocycles. The zero-order chi connectivity index (χ0) is 9.47. The maximum atomic E-state index is 2.61. The normalized spacial score (nSPS) is 37.3. The minimum Gasteiger partial charge on any atom is -0.0851 e. The molecule has 0 radical (unpaired) electrons. The van der Waals surface area contributed by atoms with Crippen LogP contribution in [-0.2, 0) is 0 Å². The van der Waals surface area contributed by atoms with Crippen molar-refractivity contribution in [2.45, 2.75) is 50.9 Å². The molecule has 1 fully saturated rings. The minimum atomic E-state index is -0.875. The Morgan fingerprint density at radius 2 is 2.00 bits per heavy atom. The predicted octanol–water partition coefficient (Wildman–Crippen LogP) is 4.07. The van der Waals surface area contributed by atoms with Crippen molar-refractivity contribution in [1.82, 2.24) is 0 Å². The molecule has 2 aliphatic carbocycles. The summed E-state index contributed by atoms with van der Waals surface area (Å²) in [7, 11) is -0.875. The first-order valence-corrected chi connectivity index (χ1v) is 9.10. The van der Waals surface area contributed by atoms with E-state index in [0.717, 1.165) is 17.4 Å². The third kappa shape index (κ3) is 1.63. The quantitative estimate of drug-likeness (QED) is 0.469. The van der Waals surface area contributed by atoms with Crippen LogP contribution in [0.2, 0.25) is 24.7 Å². The Morgan fingerprint density at radius 3 is 2.46 bits per heavy atom. The highest BCUT2D eigenvalue weighted by atomic mass is 28.3. The molecule has 3 unspecified atom stereocenters. The monoisotopic (exact) mass is 194 g/mol. The highest BCUT2D eigenvalue weighted by Crippen LogP contribution is 2.52. The van der Waals surface area contributed by atoms with Gasteiger partial charge in [0, 0.05) is 0 Å². The van der Waals surface area contributed by atoms with Gasteiger partial charge in [0.1, 0.15) is 0 Å². The largest absolute Gasteiger partial charge is 0.0851 e. The summed E-state index contributed by atoms with van der Waals surface area (Å²) in [6.07, 6.45) is 9.41. The van der Waals surface area contributed by atoms with Crippen LogP contribution in [-0.4, -0.2) is 8.07 Å². The van der Waals surface area contributed by atoms with Crippen molar-refractivity contribution in [3.63, 3.8) is 0 Å². The summed E-state index contributed by atoms with van der Waals surface area (Å²) in [5.41, 5.74) is 1.11. The van der Waals surface area contributed by atoms with Crippen molar-refractivity contribution < 1.29 is 0 Å². The molecule has 0 aromatic heterocycles. The van der Waals surface area contributed by atoms with Gasteiger partial charge >= 0.3 is 0 Å². The molecule has 1 heteroatoms. The number of fused-ring (bicyclic) bond motifs is 2. The first-order valence-electron chi connectivity index (χ1n) is 5.82. The molecule has 0 nitrogen and oxygen atoms in total. The van der Waals surface area contributed by atoms with E-state index >= 15 is 0 Å². The van der Waals surface area contributed by atoms with Gasteiger partial charge in [0.25, 0.3) is 0 Å². The lowest BCUT2D eigenvalue weighted by molar-refractivity contribution is 0.667. The average Bonchev–Trinajstić information content (AvgIpc) is 2.63. The summed E-state index contributed by atoms with van der Waals surface area (Å²) in [6, 6.07) is 1.54. The fraction of sp³-hybridized carbons (Fsp3) is 0.833. The first-order chi connectivity index (χ1) is 6.13. The topological polar surface area (TPSA) is 0 Å². The lowest BCUT2D eigenvalue weighted by atomic mass is 10.1. The lowest BCUT2D eigenvalue weighted by Gasteiger charge is -2.33. The lowest BCUT2D eigenvalue weighted by Crippen LogP contribution is -2.34. The van der Waals surface area contributed by atoms with E-state index in [1.807, 2.05) is 0 Å². The Labute approximate surface area is 83.4 Å². The van der Waals surface area contributed by atoms with E-state index in [2.05, 4.69) is 32.2 Å². The molecule has 13 heavy (non-hydrogen) atoms. The molecule has 0 saturated heterocycles. The van der Waals surface area contributed by atoms with Gasteiger partial charge in [0.15, 0.2) is 0 Å². The van der Waals surface area contributed by atoms with Gasteiger partial charge in [-0.15, -0.1) is 0 Å². The smallest absolute Gasteiger partial charge is 0.0510 e. The molecule has 0 amide bonds. The number of allylic oxidation sites excluding steroid dienone is 2. The molecule has 0 aliphatic heterocycles. The second-order valence-corrected chi connectivity index (χ2v) is 10.8. The molecular weight excluding hydrogens is 172 g/mol. The van der Waals surface area contributed by atoms with Crippen molar-refractivity contribution in [3.8, 4) is 0 Å². The zero-order valence-electron chi connectivity index (χ0n) is 9.22. The van der Waals surface area contributed by atoms with Crippen LogP contribution < -0.4 is 0 Å². The van der Waals surface area contributed by atoms with Crippen LogP contribution in [0.1, 0.15) is 26.2 Å². The van der Waals surface area contributed by atoms with Crippen LogP contribution in [0.15, 0.2) is 12.2 Å². The van der Waals surface area contributed by atoms with Crippen molar-refractivity contribution in [2.24, 2.45) is 11.8 Å². The number of rotatable bonds is 3. The van der Waals surface area contributed by atoms with Crippen LogP contribution in [0.5, 0.6) is 0 Å². The second-order valence-electron chi connectivity index (χ2n) is 5.63. The molecule has 0 spiro atoms. The van der Waals surface area contributed by atoms with Crippen LogP contribution in [0.4, 0.5) is 0 Å². The fourth-order valence-corrected chi connectivity index (χ4v) is 7.52. The van der Waals surface area contributed by atoms with E-state index in [4.69, 9.17) is 0 Å². The Hall–Kier alpha value is -0.0431. The third-order valence-corrected chi connectivity index (χ3v) is 8.64. The SMILES string of the molecule is CCC[Si](C)(C)C1CC2C=CC1C2. The van der Waals surface area contributed by atoms with E-state index in [1.165, 1.54) is 25.3 Å². The van der Waals surface area contributed by atoms with Gasteiger partial charge in [-0.05, 0) is 30.2 Å². The highest BCUT2D eigenvalue weighted by molar-refractivity contribution is 6.79. The van der Waals surface area contributed by atoms with Gasteiger partial charge in [-0.2, -0.15) is 0 Å². The first kappa shape index (κ1) is 9.51. The minimum absolute atomic E-state index is 0.875. The van der Waals surface area contributed by atoms with Crippen LogP contribution in [0, 0.1) is 11.8 Å². The highest BCUT2D eigenvalue weighted by Gasteiger charge is 2.44. The molecule has 2 aliphatic rings. The van der Waals surface area contributed by atoms with E-state index in [1.54, 1.807) is 0 Å². The molecule has 3 atom stereocenters. The molecule has 0 N–H and O–H groups in total. The summed E-state index contributed by atoms with van der Waals surface area (Å²) in [6.45, 7) is 7.56. The average molecular weight is 194 g/mol. The standard InChI is InChI=1S/C12H22Si/c1-4-7-13(2,3)12-9-10-5-6-11(12)8-10/h5-6,10-12H,4,7-9H2,1-3H3. The Morgan fingerprint density at radius 1 is 1.23 bits per heavy atom. The van der Waals surface area contributed by atoms with E-state index in [0.29, 0.717) is 0 Å². The van der Waals surface area contributed by atoms with E-state index in [-0.39, 0.29) is 0 Å². The van der Waals surface area contributed by atoms with Crippen LogP contribution in [0.3, 0.4) is 0 Å². The Kier molecular flexibility index (Phi) is 2.39. The fourth-order valence-electron chi connectivity index (χ4n) is 3.51. The maximum absolute atomic E-state index is 2.61. The number of hydrogen-bond donors (Lipinski definition) is 0. The van der Waals surface area contributed by atoms with Gasteiger partial charge in [-0.25, -0.2) is 0 Å².